The summed E-state index contributed by atoms with van der Waals surface area (Å²) in [4.78, 5) is 22.0. The number of ether oxygens (including phenoxy) is 2. The van der Waals surface area contributed by atoms with E-state index in [1.54, 1.807) is 38.6 Å². The molecule has 0 radical (unpaired) electrons. The number of methoxy groups -OCH3 is 2. The van der Waals surface area contributed by atoms with Crippen LogP contribution in [0.1, 0.15) is 5.56 Å². The van der Waals surface area contributed by atoms with Crippen LogP contribution in [0.5, 0.6) is 11.5 Å². The summed E-state index contributed by atoms with van der Waals surface area (Å²) in [7, 11) is 3.19. The fourth-order valence-corrected chi connectivity index (χ4v) is 3.20. The molecule has 150 valence electrons. The van der Waals surface area contributed by atoms with Crippen LogP contribution < -0.4 is 20.3 Å². The Morgan fingerprint density at radius 1 is 1.07 bits per heavy atom. The summed E-state index contributed by atoms with van der Waals surface area (Å²) in [5, 5.41) is 3.87. The molecule has 0 bridgehead atoms. The number of rotatable bonds is 6. The Labute approximate surface area is 173 Å². The van der Waals surface area contributed by atoms with Gasteiger partial charge in [-0.3, -0.25) is 9.36 Å². The van der Waals surface area contributed by atoms with Crippen molar-refractivity contribution < 1.29 is 9.47 Å². The summed E-state index contributed by atoms with van der Waals surface area (Å²) in [6, 6.07) is 16.2. The predicted molar refractivity (Wildman–Crippen MR) is 118 cm³/mol. The molecular formula is C23H20N4O3. The molecule has 0 fully saturated rings. The largest absolute Gasteiger partial charge is 0.497 e. The molecule has 0 spiro atoms. The summed E-state index contributed by atoms with van der Waals surface area (Å²) in [6.07, 6.45) is 3.30. The molecule has 30 heavy (non-hydrogen) atoms. The maximum absolute atomic E-state index is 12.9. The van der Waals surface area contributed by atoms with Crippen molar-refractivity contribution >= 4 is 28.7 Å². The predicted octanol–water partition coefficient (Wildman–Crippen LogP) is 4.18. The van der Waals surface area contributed by atoms with E-state index in [1.165, 1.54) is 10.6 Å². The first kappa shape index (κ1) is 19.2. The van der Waals surface area contributed by atoms with Crippen LogP contribution in [0, 0.1) is 0 Å². The highest BCUT2D eigenvalue weighted by Crippen LogP contribution is 2.27. The van der Waals surface area contributed by atoms with Crippen molar-refractivity contribution in [2.24, 2.45) is 0 Å². The zero-order valence-corrected chi connectivity index (χ0v) is 16.6. The number of pyridine rings is 1. The van der Waals surface area contributed by atoms with E-state index in [-0.39, 0.29) is 5.56 Å². The molecule has 2 aromatic heterocycles. The van der Waals surface area contributed by atoms with Gasteiger partial charge in [-0.05, 0) is 42.0 Å². The van der Waals surface area contributed by atoms with E-state index < -0.39 is 0 Å². The summed E-state index contributed by atoms with van der Waals surface area (Å²) < 4.78 is 12.1. The lowest BCUT2D eigenvalue weighted by atomic mass is 10.1. The summed E-state index contributed by atoms with van der Waals surface area (Å²) in [5.41, 5.74) is 2.31. The Hall–Kier alpha value is -4.13. The Bertz CT molecular complexity index is 1280. The summed E-state index contributed by atoms with van der Waals surface area (Å²) in [6.45, 7) is 3.81. The average Bonchev–Trinajstić information content (AvgIpc) is 2.79. The second kappa shape index (κ2) is 8.08. The number of benzene rings is 2. The van der Waals surface area contributed by atoms with Gasteiger partial charge in [-0.15, -0.1) is 0 Å². The van der Waals surface area contributed by atoms with E-state index in [1.807, 2.05) is 36.4 Å². The van der Waals surface area contributed by atoms with Gasteiger partial charge in [0.2, 0.25) is 5.95 Å². The third kappa shape index (κ3) is 3.48. The second-order valence-corrected chi connectivity index (χ2v) is 6.43. The van der Waals surface area contributed by atoms with Gasteiger partial charge in [0.25, 0.3) is 5.56 Å². The van der Waals surface area contributed by atoms with Crippen molar-refractivity contribution in [2.75, 3.05) is 19.5 Å². The molecule has 0 aliphatic carbocycles. The van der Waals surface area contributed by atoms with E-state index in [4.69, 9.17) is 9.47 Å². The Kier molecular flexibility index (Phi) is 5.17. The van der Waals surface area contributed by atoms with E-state index in [0.717, 1.165) is 5.69 Å². The maximum Gasteiger partial charge on any atom is 0.257 e. The van der Waals surface area contributed by atoms with Gasteiger partial charge in [0.1, 0.15) is 11.5 Å². The molecule has 0 saturated heterocycles. The average molecular weight is 400 g/mol. The monoisotopic (exact) mass is 400 g/mol. The Morgan fingerprint density at radius 2 is 1.83 bits per heavy atom. The van der Waals surface area contributed by atoms with Gasteiger partial charge >= 0.3 is 0 Å². The molecule has 0 aliphatic heterocycles. The first-order valence-electron chi connectivity index (χ1n) is 9.24. The zero-order chi connectivity index (χ0) is 21.1. The van der Waals surface area contributed by atoms with Gasteiger partial charge in [-0.2, -0.15) is 4.98 Å². The quantitative estimate of drug-likeness (QED) is 0.523. The molecule has 7 nitrogen and oxygen atoms in total. The number of nitrogens with one attached hydrogen (secondary N) is 1. The molecule has 4 rings (SSSR count). The van der Waals surface area contributed by atoms with Crippen molar-refractivity contribution in [2.45, 2.75) is 0 Å². The van der Waals surface area contributed by atoms with Gasteiger partial charge in [0, 0.05) is 17.6 Å². The Morgan fingerprint density at radius 3 is 2.53 bits per heavy atom. The van der Waals surface area contributed by atoms with Crippen LogP contribution in [0.2, 0.25) is 0 Å². The van der Waals surface area contributed by atoms with Gasteiger partial charge in [-0.1, -0.05) is 24.8 Å². The van der Waals surface area contributed by atoms with Crippen molar-refractivity contribution in [1.29, 1.82) is 0 Å². The third-order valence-corrected chi connectivity index (χ3v) is 4.69. The minimum Gasteiger partial charge on any atom is -0.497 e. The van der Waals surface area contributed by atoms with Gasteiger partial charge in [-0.25, -0.2) is 4.98 Å². The van der Waals surface area contributed by atoms with Gasteiger partial charge in [0.05, 0.1) is 25.6 Å². The molecule has 7 heteroatoms. The standard InChI is InChI=1S/C23H20N4O3/c1-4-15-13-21(28)27(16-9-11-17(29-2)12-10-16)22-18(15)14-24-23(26-22)25-19-7-5-6-8-20(19)30-3/h4-14H,1H2,2-3H3,(H,24,25,26). The lowest BCUT2D eigenvalue weighted by molar-refractivity contribution is 0.414. The second-order valence-electron chi connectivity index (χ2n) is 6.43. The van der Waals surface area contributed by atoms with Crippen LogP contribution in [-0.4, -0.2) is 28.8 Å². The number of nitrogens with zero attached hydrogens (tertiary/aromatic N) is 3. The molecule has 0 atom stereocenters. The minimum atomic E-state index is -0.218. The smallest absolute Gasteiger partial charge is 0.257 e. The highest BCUT2D eigenvalue weighted by molar-refractivity contribution is 5.86. The normalized spacial score (nSPS) is 10.6. The van der Waals surface area contributed by atoms with Crippen molar-refractivity contribution in [3.8, 4) is 17.2 Å². The highest BCUT2D eigenvalue weighted by atomic mass is 16.5. The molecule has 0 aliphatic rings. The number of aromatic nitrogens is 3. The summed E-state index contributed by atoms with van der Waals surface area (Å²) in [5.74, 6) is 1.70. The fraction of sp³-hybridized carbons (Fsp3) is 0.0870. The lowest BCUT2D eigenvalue weighted by Gasteiger charge is -2.14. The molecule has 4 aromatic rings. The van der Waals surface area contributed by atoms with Crippen LogP contribution in [0.4, 0.5) is 11.6 Å². The van der Waals surface area contributed by atoms with Crippen molar-refractivity contribution in [3.63, 3.8) is 0 Å². The first-order valence-corrected chi connectivity index (χ1v) is 9.24. The number of para-hydroxylation sites is 2. The molecule has 0 unspecified atom stereocenters. The van der Waals surface area contributed by atoms with E-state index in [0.29, 0.717) is 39.7 Å². The zero-order valence-electron chi connectivity index (χ0n) is 16.6. The van der Waals surface area contributed by atoms with Crippen LogP contribution in [-0.2, 0) is 0 Å². The van der Waals surface area contributed by atoms with Gasteiger partial charge < -0.3 is 14.8 Å². The van der Waals surface area contributed by atoms with Crippen molar-refractivity contribution in [3.05, 3.63) is 83.3 Å². The number of fused-ring (bicyclic) bond motifs is 1. The molecule has 1 N–H and O–H groups in total. The van der Waals surface area contributed by atoms with E-state index in [2.05, 4.69) is 21.9 Å². The highest BCUT2D eigenvalue weighted by Gasteiger charge is 2.13. The molecular weight excluding hydrogens is 380 g/mol. The topological polar surface area (TPSA) is 78.3 Å². The number of hydrogen-bond acceptors (Lipinski definition) is 6. The van der Waals surface area contributed by atoms with Crippen LogP contribution >= 0.6 is 0 Å². The molecule has 2 aromatic carbocycles. The van der Waals surface area contributed by atoms with Gasteiger partial charge in [0.15, 0.2) is 5.65 Å². The maximum atomic E-state index is 12.9. The van der Waals surface area contributed by atoms with E-state index in [9.17, 15) is 4.79 Å². The Balaban J connectivity index is 1.90. The van der Waals surface area contributed by atoms with Crippen LogP contribution in [0.3, 0.4) is 0 Å². The number of anilines is 2. The number of hydrogen-bond donors (Lipinski definition) is 1. The molecule has 0 amide bonds. The van der Waals surface area contributed by atoms with Crippen LogP contribution in [0.15, 0.2) is 72.2 Å². The summed E-state index contributed by atoms with van der Waals surface area (Å²) >= 11 is 0. The first-order chi connectivity index (χ1) is 14.6. The van der Waals surface area contributed by atoms with E-state index >= 15 is 0 Å². The fourth-order valence-electron chi connectivity index (χ4n) is 3.20. The third-order valence-electron chi connectivity index (χ3n) is 4.69. The SMILES string of the molecule is C=Cc1cc(=O)n(-c2ccc(OC)cc2)c2nc(Nc3ccccc3OC)ncc12. The molecule has 0 saturated carbocycles. The van der Waals surface area contributed by atoms with Crippen LogP contribution in [0.25, 0.3) is 22.8 Å². The minimum absolute atomic E-state index is 0.218. The molecule has 2 heterocycles. The lowest BCUT2D eigenvalue weighted by Crippen LogP contribution is -2.20. The van der Waals surface area contributed by atoms with Crippen molar-refractivity contribution in [1.82, 2.24) is 14.5 Å².